The van der Waals surface area contributed by atoms with Crippen molar-refractivity contribution in [1.29, 1.82) is 0 Å². The predicted octanol–water partition coefficient (Wildman–Crippen LogP) is 0.560. The zero-order valence-corrected chi connectivity index (χ0v) is 10.5. The highest BCUT2D eigenvalue weighted by atomic mass is 16.5. The Bertz CT molecular complexity index is 440. The number of amides is 1. The van der Waals surface area contributed by atoms with Crippen molar-refractivity contribution < 1.29 is 19.4 Å². The molecule has 1 fully saturated rings. The molecule has 1 aromatic carbocycles. The molecule has 0 aromatic heterocycles. The first kappa shape index (κ1) is 13.5. The Morgan fingerprint density at radius 2 is 2.11 bits per heavy atom. The highest BCUT2D eigenvalue weighted by Gasteiger charge is 2.31. The fourth-order valence-electron chi connectivity index (χ4n) is 2.25. The van der Waals surface area contributed by atoms with Crippen molar-refractivity contribution in [3.05, 3.63) is 30.3 Å². The van der Waals surface area contributed by atoms with Crippen LogP contribution in [0, 0.1) is 5.92 Å². The van der Waals surface area contributed by atoms with Crippen LogP contribution in [0.15, 0.2) is 30.3 Å². The smallest absolute Gasteiger partial charge is 0.230 e. The number of carboxylic acids is 1. The summed E-state index contributed by atoms with van der Waals surface area (Å²) in [5.74, 6) is -2.27. The van der Waals surface area contributed by atoms with Gasteiger partial charge in [-0.1, -0.05) is 18.2 Å². The lowest BCUT2D eigenvalue weighted by Crippen LogP contribution is -2.38. The van der Waals surface area contributed by atoms with Gasteiger partial charge < -0.3 is 20.0 Å². The van der Waals surface area contributed by atoms with Gasteiger partial charge in [0.15, 0.2) is 0 Å². The molecular weight excluding hydrogens is 246 g/mol. The average Bonchev–Trinajstić information content (AvgIpc) is 2.90. The van der Waals surface area contributed by atoms with Gasteiger partial charge in [0.1, 0.15) is 0 Å². The first-order valence-corrected chi connectivity index (χ1v) is 6.34. The molecule has 5 heteroatoms. The Balaban J connectivity index is 2.04. The molecule has 0 bridgehead atoms. The summed E-state index contributed by atoms with van der Waals surface area (Å²) < 4.78 is 5.42. The normalized spacial score (nSPS) is 19.9. The SMILES string of the molecule is O=C([O-])CC(C(=O)Nc1ccccc1)C1CCCO1. The fourth-order valence-corrected chi connectivity index (χ4v) is 2.25. The Hall–Kier alpha value is -1.88. The van der Waals surface area contributed by atoms with Gasteiger partial charge in [-0.25, -0.2) is 0 Å². The first-order valence-electron chi connectivity index (χ1n) is 6.34. The molecule has 0 radical (unpaired) electrons. The minimum Gasteiger partial charge on any atom is -0.550 e. The summed E-state index contributed by atoms with van der Waals surface area (Å²) in [6, 6.07) is 8.95. The van der Waals surface area contributed by atoms with Crippen molar-refractivity contribution in [3.63, 3.8) is 0 Å². The third-order valence-corrected chi connectivity index (χ3v) is 3.18. The second kappa shape index (κ2) is 6.33. The van der Waals surface area contributed by atoms with E-state index in [4.69, 9.17) is 4.74 Å². The zero-order chi connectivity index (χ0) is 13.7. The van der Waals surface area contributed by atoms with E-state index < -0.39 is 11.9 Å². The summed E-state index contributed by atoms with van der Waals surface area (Å²) in [7, 11) is 0. The number of anilines is 1. The number of benzene rings is 1. The van der Waals surface area contributed by atoms with E-state index in [1.807, 2.05) is 6.07 Å². The summed E-state index contributed by atoms with van der Waals surface area (Å²) in [6.07, 6.45) is 0.915. The predicted molar refractivity (Wildman–Crippen MR) is 67.2 cm³/mol. The van der Waals surface area contributed by atoms with Gasteiger partial charge >= 0.3 is 0 Å². The molecule has 0 saturated carbocycles. The maximum atomic E-state index is 12.2. The van der Waals surface area contributed by atoms with Gasteiger partial charge in [0.25, 0.3) is 0 Å². The maximum Gasteiger partial charge on any atom is 0.230 e. The van der Waals surface area contributed by atoms with Crippen LogP contribution in [0.1, 0.15) is 19.3 Å². The van der Waals surface area contributed by atoms with E-state index >= 15 is 0 Å². The Morgan fingerprint density at radius 1 is 1.37 bits per heavy atom. The number of para-hydroxylation sites is 1. The number of carboxylic acid groups (broad SMARTS) is 1. The standard InChI is InChI=1S/C14H17NO4/c16-13(17)9-11(12-7-4-8-19-12)14(18)15-10-5-2-1-3-6-10/h1-3,5-6,11-12H,4,7-9H2,(H,15,18)(H,16,17)/p-1. The van der Waals surface area contributed by atoms with Crippen molar-refractivity contribution in [2.75, 3.05) is 11.9 Å². The molecule has 19 heavy (non-hydrogen) atoms. The average molecular weight is 262 g/mol. The van der Waals surface area contributed by atoms with Gasteiger partial charge in [-0.2, -0.15) is 0 Å². The third kappa shape index (κ3) is 3.79. The van der Waals surface area contributed by atoms with Crippen molar-refractivity contribution in [2.24, 2.45) is 5.92 Å². The number of rotatable bonds is 5. The lowest BCUT2D eigenvalue weighted by atomic mass is 9.95. The highest BCUT2D eigenvalue weighted by molar-refractivity contribution is 5.94. The molecule has 1 aliphatic rings. The molecule has 0 aliphatic carbocycles. The zero-order valence-electron chi connectivity index (χ0n) is 10.5. The lowest BCUT2D eigenvalue weighted by Gasteiger charge is -2.22. The molecule has 1 aliphatic heterocycles. The summed E-state index contributed by atoms with van der Waals surface area (Å²) in [4.78, 5) is 22.9. The molecule has 5 nitrogen and oxygen atoms in total. The number of aliphatic carboxylic acids is 1. The second-order valence-corrected chi connectivity index (χ2v) is 4.59. The van der Waals surface area contributed by atoms with Gasteiger partial charge in [0, 0.05) is 24.7 Å². The van der Waals surface area contributed by atoms with Crippen LogP contribution in [-0.2, 0) is 14.3 Å². The van der Waals surface area contributed by atoms with Crippen LogP contribution in [0.5, 0.6) is 0 Å². The van der Waals surface area contributed by atoms with Crippen molar-refractivity contribution in [1.82, 2.24) is 0 Å². The summed E-state index contributed by atoms with van der Waals surface area (Å²) >= 11 is 0. The Kier molecular flexibility index (Phi) is 4.52. The number of carbonyl (C=O) groups excluding carboxylic acids is 2. The van der Waals surface area contributed by atoms with Crippen LogP contribution >= 0.6 is 0 Å². The molecule has 2 rings (SSSR count). The molecule has 102 valence electrons. The fraction of sp³-hybridized carbons (Fsp3) is 0.429. The quantitative estimate of drug-likeness (QED) is 0.841. The van der Waals surface area contributed by atoms with Gasteiger partial charge in [-0.05, 0) is 25.0 Å². The number of nitrogens with one attached hydrogen (secondary N) is 1. The van der Waals surface area contributed by atoms with E-state index in [1.165, 1.54) is 0 Å². The van der Waals surface area contributed by atoms with Crippen molar-refractivity contribution in [2.45, 2.75) is 25.4 Å². The first-order chi connectivity index (χ1) is 9.16. The van der Waals surface area contributed by atoms with Gasteiger partial charge in [0.2, 0.25) is 5.91 Å². The Labute approximate surface area is 111 Å². The minimum absolute atomic E-state index is 0.316. The van der Waals surface area contributed by atoms with Crippen LogP contribution in [0.2, 0.25) is 0 Å². The van der Waals surface area contributed by atoms with E-state index in [9.17, 15) is 14.7 Å². The van der Waals surface area contributed by atoms with E-state index in [2.05, 4.69) is 5.32 Å². The molecular formula is C14H16NO4-. The van der Waals surface area contributed by atoms with E-state index in [0.717, 1.165) is 6.42 Å². The topological polar surface area (TPSA) is 78.5 Å². The maximum absolute atomic E-state index is 12.2. The highest BCUT2D eigenvalue weighted by Crippen LogP contribution is 2.24. The minimum atomic E-state index is -1.23. The summed E-state index contributed by atoms with van der Waals surface area (Å²) in [5.41, 5.74) is 0.647. The number of hydrogen-bond donors (Lipinski definition) is 1. The number of carbonyl (C=O) groups is 2. The molecule has 0 spiro atoms. The van der Waals surface area contributed by atoms with E-state index in [-0.39, 0.29) is 18.4 Å². The number of ether oxygens (including phenoxy) is 1. The van der Waals surface area contributed by atoms with Crippen LogP contribution in [0.4, 0.5) is 5.69 Å². The molecule has 2 unspecified atom stereocenters. The van der Waals surface area contributed by atoms with Gasteiger partial charge in [-0.15, -0.1) is 0 Å². The van der Waals surface area contributed by atoms with Crippen LogP contribution in [0.3, 0.4) is 0 Å². The molecule has 1 saturated heterocycles. The van der Waals surface area contributed by atoms with Crippen LogP contribution < -0.4 is 10.4 Å². The van der Waals surface area contributed by atoms with E-state index in [1.54, 1.807) is 24.3 Å². The lowest BCUT2D eigenvalue weighted by molar-refractivity contribution is -0.307. The van der Waals surface area contributed by atoms with Gasteiger partial charge in [-0.3, -0.25) is 4.79 Å². The van der Waals surface area contributed by atoms with E-state index in [0.29, 0.717) is 18.7 Å². The van der Waals surface area contributed by atoms with Crippen molar-refractivity contribution >= 4 is 17.6 Å². The molecule has 1 N–H and O–H groups in total. The molecule has 1 aromatic rings. The van der Waals surface area contributed by atoms with Crippen LogP contribution in [-0.4, -0.2) is 24.6 Å². The molecule has 1 heterocycles. The Morgan fingerprint density at radius 3 is 2.68 bits per heavy atom. The third-order valence-electron chi connectivity index (χ3n) is 3.18. The van der Waals surface area contributed by atoms with Crippen molar-refractivity contribution in [3.8, 4) is 0 Å². The largest absolute Gasteiger partial charge is 0.550 e. The van der Waals surface area contributed by atoms with Gasteiger partial charge in [0.05, 0.1) is 12.0 Å². The monoisotopic (exact) mass is 262 g/mol. The second-order valence-electron chi connectivity index (χ2n) is 4.59. The summed E-state index contributed by atoms with van der Waals surface area (Å²) in [5, 5.41) is 13.5. The molecule has 2 atom stereocenters. The summed E-state index contributed by atoms with van der Waals surface area (Å²) in [6.45, 7) is 0.576. The molecule has 1 amide bonds. The number of hydrogen-bond acceptors (Lipinski definition) is 4. The van der Waals surface area contributed by atoms with Crippen LogP contribution in [0.25, 0.3) is 0 Å².